The molecule has 0 fully saturated rings. The zero-order chi connectivity index (χ0) is 13.2. The summed E-state index contributed by atoms with van der Waals surface area (Å²) in [5, 5.41) is 4.74. The van der Waals surface area contributed by atoms with E-state index < -0.39 is 0 Å². The molecule has 0 saturated heterocycles. The number of para-hydroxylation sites is 1. The van der Waals surface area contributed by atoms with Crippen molar-refractivity contribution < 1.29 is 0 Å². The molecule has 0 aliphatic carbocycles. The standard InChI is InChI=1S/C13H13N5O.ClH/c14-6-7-17-9-15-12-11(13(17)19)8-16-18(12)10-4-2-1-3-5-10;/h1-5,8-9H,6-7,14H2;1H. The van der Waals surface area contributed by atoms with E-state index in [-0.39, 0.29) is 18.0 Å². The lowest BCUT2D eigenvalue weighted by Crippen LogP contribution is -2.24. The molecule has 6 nitrogen and oxygen atoms in total. The number of hydrogen-bond acceptors (Lipinski definition) is 4. The molecule has 1 aromatic carbocycles. The highest BCUT2D eigenvalue weighted by Gasteiger charge is 2.10. The molecule has 20 heavy (non-hydrogen) atoms. The Morgan fingerprint density at radius 3 is 2.65 bits per heavy atom. The van der Waals surface area contributed by atoms with E-state index in [1.54, 1.807) is 10.9 Å². The lowest BCUT2D eigenvalue weighted by atomic mass is 10.3. The molecule has 0 saturated carbocycles. The maximum absolute atomic E-state index is 12.2. The van der Waals surface area contributed by atoms with Gasteiger partial charge in [-0.3, -0.25) is 9.36 Å². The van der Waals surface area contributed by atoms with Gasteiger partial charge in [0.1, 0.15) is 11.7 Å². The predicted octanol–water partition coefficient (Wildman–Crippen LogP) is 0.963. The maximum atomic E-state index is 12.2. The van der Waals surface area contributed by atoms with E-state index in [0.717, 1.165) is 5.69 Å². The fourth-order valence-corrected chi connectivity index (χ4v) is 2.01. The Morgan fingerprint density at radius 1 is 1.20 bits per heavy atom. The van der Waals surface area contributed by atoms with Gasteiger partial charge in [-0.1, -0.05) is 18.2 Å². The molecule has 2 aromatic heterocycles. The first-order chi connectivity index (χ1) is 9.31. The van der Waals surface area contributed by atoms with Crippen molar-refractivity contribution in [2.45, 2.75) is 6.54 Å². The van der Waals surface area contributed by atoms with Crippen LogP contribution in [0, 0.1) is 0 Å². The van der Waals surface area contributed by atoms with Crippen molar-refractivity contribution in [1.82, 2.24) is 19.3 Å². The summed E-state index contributed by atoms with van der Waals surface area (Å²) < 4.78 is 3.16. The number of benzene rings is 1. The van der Waals surface area contributed by atoms with Crippen molar-refractivity contribution >= 4 is 23.4 Å². The maximum Gasteiger partial charge on any atom is 0.264 e. The van der Waals surface area contributed by atoms with Gasteiger partial charge in [0.15, 0.2) is 5.65 Å². The molecule has 3 aromatic rings. The number of fused-ring (bicyclic) bond motifs is 1. The Morgan fingerprint density at radius 2 is 1.95 bits per heavy atom. The van der Waals surface area contributed by atoms with Gasteiger partial charge in [0.05, 0.1) is 11.9 Å². The molecule has 0 amide bonds. The molecule has 0 radical (unpaired) electrons. The molecular weight excluding hydrogens is 278 g/mol. The van der Waals surface area contributed by atoms with Crippen molar-refractivity contribution in [2.75, 3.05) is 6.54 Å². The predicted molar refractivity (Wildman–Crippen MR) is 79.4 cm³/mol. The van der Waals surface area contributed by atoms with E-state index in [0.29, 0.717) is 24.1 Å². The van der Waals surface area contributed by atoms with Gasteiger partial charge in [-0.05, 0) is 12.1 Å². The largest absolute Gasteiger partial charge is 0.329 e. The number of hydrogen-bond donors (Lipinski definition) is 1. The van der Waals surface area contributed by atoms with Crippen molar-refractivity contribution in [3.63, 3.8) is 0 Å². The van der Waals surface area contributed by atoms with Gasteiger partial charge in [0, 0.05) is 13.1 Å². The average Bonchev–Trinajstić information content (AvgIpc) is 2.88. The number of nitrogens with two attached hydrogens (primary N) is 1. The summed E-state index contributed by atoms with van der Waals surface area (Å²) in [7, 11) is 0. The molecule has 3 rings (SSSR count). The molecular formula is C13H14ClN5O. The van der Waals surface area contributed by atoms with Crippen LogP contribution in [0.25, 0.3) is 16.7 Å². The highest BCUT2D eigenvalue weighted by molar-refractivity contribution is 5.85. The van der Waals surface area contributed by atoms with E-state index in [1.807, 2.05) is 30.3 Å². The summed E-state index contributed by atoms with van der Waals surface area (Å²) in [6.45, 7) is 0.859. The highest BCUT2D eigenvalue weighted by atomic mass is 35.5. The second-order valence-electron chi connectivity index (χ2n) is 4.16. The van der Waals surface area contributed by atoms with E-state index >= 15 is 0 Å². The first kappa shape index (κ1) is 14.2. The molecule has 0 atom stereocenters. The van der Waals surface area contributed by atoms with Crippen LogP contribution in [0.5, 0.6) is 0 Å². The van der Waals surface area contributed by atoms with Crippen molar-refractivity contribution in [3.05, 3.63) is 53.2 Å². The van der Waals surface area contributed by atoms with Gasteiger partial charge in [-0.25, -0.2) is 9.67 Å². The molecule has 2 heterocycles. The van der Waals surface area contributed by atoms with Crippen LogP contribution >= 0.6 is 12.4 Å². The lowest BCUT2D eigenvalue weighted by molar-refractivity contribution is 0.672. The first-order valence-corrected chi connectivity index (χ1v) is 6.00. The third-order valence-corrected chi connectivity index (χ3v) is 2.93. The van der Waals surface area contributed by atoms with Crippen LogP contribution in [-0.4, -0.2) is 25.9 Å². The van der Waals surface area contributed by atoms with Gasteiger partial charge >= 0.3 is 0 Å². The second-order valence-corrected chi connectivity index (χ2v) is 4.16. The topological polar surface area (TPSA) is 78.7 Å². The van der Waals surface area contributed by atoms with E-state index in [1.165, 1.54) is 10.9 Å². The van der Waals surface area contributed by atoms with Crippen LogP contribution in [0.4, 0.5) is 0 Å². The second kappa shape index (κ2) is 5.85. The van der Waals surface area contributed by atoms with Crippen LogP contribution in [0.3, 0.4) is 0 Å². The zero-order valence-corrected chi connectivity index (χ0v) is 11.5. The smallest absolute Gasteiger partial charge is 0.264 e. The average molecular weight is 292 g/mol. The summed E-state index contributed by atoms with van der Waals surface area (Å²) in [5.41, 5.74) is 6.78. The molecule has 0 aliphatic rings. The molecule has 0 aliphatic heterocycles. The Hall–Kier alpha value is -2.18. The van der Waals surface area contributed by atoms with Crippen molar-refractivity contribution in [1.29, 1.82) is 0 Å². The van der Waals surface area contributed by atoms with E-state index in [9.17, 15) is 4.79 Å². The first-order valence-electron chi connectivity index (χ1n) is 6.00. The van der Waals surface area contributed by atoms with E-state index in [4.69, 9.17) is 5.73 Å². The van der Waals surface area contributed by atoms with Crippen molar-refractivity contribution in [2.24, 2.45) is 5.73 Å². The Kier molecular flexibility index (Phi) is 4.16. The summed E-state index contributed by atoms with van der Waals surface area (Å²) in [4.78, 5) is 16.5. The summed E-state index contributed by atoms with van der Waals surface area (Å²) in [6.07, 6.45) is 3.06. The molecule has 2 N–H and O–H groups in total. The van der Waals surface area contributed by atoms with Gasteiger partial charge in [0.2, 0.25) is 0 Å². The number of halogens is 1. The Bertz CT molecular complexity index is 765. The van der Waals surface area contributed by atoms with Crippen LogP contribution in [0.2, 0.25) is 0 Å². The van der Waals surface area contributed by atoms with Gasteiger partial charge in [-0.15, -0.1) is 12.4 Å². The third-order valence-electron chi connectivity index (χ3n) is 2.93. The molecule has 104 valence electrons. The molecule has 7 heteroatoms. The Balaban J connectivity index is 0.00000147. The SMILES string of the molecule is Cl.NCCn1cnc2c(cnn2-c2ccccc2)c1=O. The number of nitrogens with zero attached hydrogens (tertiary/aromatic N) is 4. The minimum absolute atomic E-state index is 0. The highest BCUT2D eigenvalue weighted by Crippen LogP contribution is 2.12. The van der Waals surface area contributed by atoms with Crippen LogP contribution in [0.15, 0.2) is 47.7 Å². The summed E-state index contributed by atoms with van der Waals surface area (Å²) in [6, 6.07) is 9.59. The lowest BCUT2D eigenvalue weighted by Gasteiger charge is -2.04. The third kappa shape index (κ3) is 2.31. The van der Waals surface area contributed by atoms with Crippen molar-refractivity contribution in [3.8, 4) is 5.69 Å². The minimum Gasteiger partial charge on any atom is -0.329 e. The molecule has 0 bridgehead atoms. The number of rotatable bonds is 3. The van der Waals surface area contributed by atoms with Gasteiger partial charge in [-0.2, -0.15) is 5.10 Å². The zero-order valence-electron chi connectivity index (χ0n) is 10.6. The van der Waals surface area contributed by atoms with E-state index in [2.05, 4.69) is 10.1 Å². The monoisotopic (exact) mass is 291 g/mol. The van der Waals surface area contributed by atoms with Crippen LogP contribution in [0.1, 0.15) is 0 Å². The van der Waals surface area contributed by atoms with Crippen LogP contribution < -0.4 is 11.3 Å². The molecule has 0 spiro atoms. The normalized spacial score (nSPS) is 10.4. The fourth-order valence-electron chi connectivity index (χ4n) is 2.01. The van der Waals surface area contributed by atoms with Gasteiger partial charge < -0.3 is 5.73 Å². The fraction of sp³-hybridized carbons (Fsp3) is 0.154. The Labute approximate surface area is 121 Å². The number of aromatic nitrogens is 4. The molecule has 0 unspecified atom stereocenters. The van der Waals surface area contributed by atoms with Gasteiger partial charge in [0.25, 0.3) is 5.56 Å². The quantitative estimate of drug-likeness (QED) is 0.780. The minimum atomic E-state index is -0.113. The summed E-state index contributed by atoms with van der Waals surface area (Å²) in [5.74, 6) is 0. The summed E-state index contributed by atoms with van der Waals surface area (Å²) >= 11 is 0. The van der Waals surface area contributed by atoms with Crippen LogP contribution in [-0.2, 0) is 6.54 Å².